The van der Waals surface area contributed by atoms with Crippen molar-refractivity contribution in [1.29, 1.82) is 0 Å². The molecule has 2 N–H and O–H groups in total. The zero-order valence-electron chi connectivity index (χ0n) is 15.2. The molecule has 1 atom stereocenters. The number of aromatic amines is 1. The minimum Gasteiger partial charge on any atom is -0.342 e. The predicted octanol–water partition coefficient (Wildman–Crippen LogP) is 3.57. The van der Waals surface area contributed by atoms with Crippen LogP contribution in [0.1, 0.15) is 48.4 Å². The number of H-pyrrole nitrogens is 1. The van der Waals surface area contributed by atoms with Crippen LogP contribution in [-0.2, 0) is 4.79 Å². The van der Waals surface area contributed by atoms with Gasteiger partial charge < -0.3 is 15.2 Å². The van der Waals surface area contributed by atoms with Gasteiger partial charge in [-0.1, -0.05) is 12.1 Å². The minimum atomic E-state index is -0.242. The zero-order valence-corrected chi connectivity index (χ0v) is 15.2. The lowest BCUT2D eigenvalue weighted by Crippen LogP contribution is -2.35. The summed E-state index contributed by atoms with van der Waals surface area (Å²) < 4.78 is 0. The predicted molar refractivity (Wildman–Crippen MR) is 105 cm³/mol. The number of nitrogens with zero attached hydrogens (tertiary/aromatic N) is 2. The molecule has 2 heterocycles. The molecule has 1 aliphatic rings. The number of piperidine rings is 1. The quantitative estimate of drug-likeness (QED) is 0.745. The average molecular weight is 362 g/mol. The van der Waals surface area contributed by atoms with Crippen LogP contribution in [0.3, 0.4) is 0 Å². The van der Waals surface area contributed by atoms with Crippen molar-refractivity contribution in [3.63, 3.8) is 0 Å². The standard InChI is InChI=1S/C21H22N4O2/c1-14(20-23-17-6-2-3-7-18(17)24-20)22-21(27)15-9-11-16(12-10-15)25-13-5-4-8-19(25)26/h2-3,6-7,9-12,14H,4-5,8,13H2,1H3,(H,22,27)(H,23,24). The van der Waals surface area contributed by atoms with E-state index in [0.717, 1.165) is 41.9 Å². The number of amides is 2. The van der Waals surface area contributed by atoms with Gasteiger partial charge in [-0.25, -0.2) is 4.98 Å². The molecule has 0 spiro atoms. The summed E-state index contributed by atoms with van der Waals surface area (Å²) in [4.78, 5) is 34.1. The summed E-state index contributed by atoms with van der Waals surface area (Å²) in [5, 5.41) is 2.97. The van der Waals surface area contributed by atoms with E-state index in [1.54, 1.807) is 17.0 Å². The van der Waals surface area contributed by atoms with Crippen LogP contribution < -0.4 is 10.2 Å². The molecule has 0 aliphatic carbocycles. The smallest absolute Gasteiger partial charge is 0.251 e. The Balaban J connectivity index is 1.45. The lowest BCUT2D eigenvalue weighted by Gasteiger charge is -2.26. The van der Waals surface area contributed by atoms with Gasteiger partial charge in [-0.3, -0.25) is 9.59 Å². The van der Waals surface area contributed by atoms with Gasteiger partial charge in [-0.2, -0.15) is 0 Å². The number of hydrogen-bond acceptors (Lipinski definition) is 3. The molecule has 27 heavy (non-hydrogen) atoms. The van der Waals surface area contributed by atoms with Crippen LogP contribution in [0.5, 0.6) is 0 Å². The molecule has 0 radical (unpaired) electrons. The molecule has 2 aromatic carbocycles. The van der Waals surface area contributed by atoms with Gasteiger partial charge >= 0.3 is 0 Å². The molecular formula is C21H22N4O2. The highest BCUT2D eigenvalue weighted by molar-refractivity contribution is 5.97. The summed E-state index contributed by atoms with van der Waals surface area (Å²) in [6, 6.07) is 14.7. The third kappa shape index (κ3) is 3.56. The fourth-order valence-electron chi connectivity index (χ4n) is 3.40. The average Bonchev–Trinajstić information content (AvgIpc) is 3.13. The van der Waals surface area contributed by atoms with Crippen LogP contribution in [0, 0.1) is 0 Å². The van der Waals surface area contributed by atoms with E-state index in [2.05, 4.69) is 15.3 Å². The van der Waals surface area contributed by atoms with Gasteiger partial charge in [0.15, 0.2) is 0 Å². The van der Waals surface area contributed by atoms with Gasteiger partial charge in [0.05, 0.1) is 17.1 Å². The molecule has 1 saturated heterocycles. The lowest BCUT2D eigenvalue weighted by molar-refractivity contribution is -0.119. The van der Waals surface area contributed by atoms with Gasteiger partial charge in [-0.15, -0.1) is 0 Å². The van der Waals surface area contributed by atoms with Crippen LogP contribution in [0.2, 0.25) is 0 Å². The van der Waals surface area contributed by atoms with Crippen molar-refractivity contribution in [2.45, 2.75) is 32.2 Å². The number of hydrogen-bond donors (Lipinski definition) is 2. The van der Waals surface area contributed by atoms with Crippen molar-refractivity contribution in [2.24, 2.45) is 0 Å². The summed E-state index contributed by atoms with van der Waals surface area (Å²) in [6.45, 7) is 2.64. The second kappa shape index (κ2) is 7.23. The summed E-state index contributed by atoms with van der Waals surface area (Å²) >= 11 is 0. The maximum Gasteiger partial charge on any atom is 0.251 e. The third-order valence-corrected chi connectivity index (χ3v) is 4.93. The largest absolute Gasteiger partial charge is 0.342 e. The van der Waals surface area contributed by atoms with E-state index in [1.807, 2.05) is 43.3 Å². The summed E-state index contributed by atoms with van der Waals surface area (Å²) in [5.41, 5.74) is 3.24. The van der Waals surface area contributed by atoms with Gasteiger partial charge in [0.2, 0.25) is 5.91 Å². The molecule has 1 unspecified atom stereocenters. The Hall–Kier alpha value is -3.15. The van der Waals surface area contributed by atoms with E-state index in [4.69, 9.17) is 0 Å². The maximum atomic E-state index is 12.6. The first-order valence-electron chi connectivity index (χ1n) is 9.28. The number of fused-ring (bicyclic) bond motifs is 1. The van der Waals surface area contributed by atoms with Crippen LogP contribution in [0.4, 0.5) is 5.69 Å². The molecule has 138 valence electrons. The fourth-order valence-corrected chi connectivity index (χ4v) is 3.40. The third-order valence-electron chi connectivity index (χ3n) is 4.93. The summed E-state index contributed by atoms with van der Waals surface area (Å²) in [5.74, 6) is 0.705. The molecule has 2 amide bonds. The Bertz CT molecular complexity index is 944. The van der Waals surface area contributed by atoms with Crippen molar-refractivity contribution < 1.29 is 9.59 Å². The second-order valence-corrected chi connectivity index (χ2v) is 6.88. The molecule has 6 heteroatoms. The van der Waals surface area contributed by atoms with E-state index < -0.39 is 0 Å². The monoisotopic (exact) mass is 362 g/mol. The van der Waals surface area contributed by atoms with Gasteiger partial charge in [0, 0.05) is 24.2 Å². The Kier molecular flexibility index (Phi) is 4.62. The van der Waals surface area contributed by atoms with Gasteiger partial charge in [0.25, 0.3) is 5.91 Å². The Morgan fingerprint density at radius 1 is 1.15 bits per heavy atom. The number of anilines is 1. The molecule has 6 nitrogen and oxygen atoms in total. The zero-order chi connectivity index (χ0) is 18.8. The van der Waals surface area contributed by atoms with Gasteiger partial charge in [-0.05, 0) is 56.2 Å². The Morgan fingerprint density at radius 2 is 1.93 bits per heavy atom. The molecule has 0 bridgehead atoms. The molecule has 1 aliphatic heterocycles. The van der Waals surface area contributed by atoms with Crippen molar-refractivity contribution in [3.05, 3.63) is 59.9 Å². The topological polar surface area (TPSA) is 78.1 Å². The first-order chi connectivity index (χ1) is 13.1. The molecule has 3 aromatic rings. The minimum absolute atomic E-state index is 0.150. The van der Waals surface area contributed by atoms with Crippen LogP contribution in [-0.4, -0.2) is 28.3 Å². The van der Waals surface area contributed by atoms with Crippen LogP contribution in [0.25, 0.3) is 11.0 Å². The Labute approximate surface area is 157 Å². The van der Waals surface area contributed by atoms with E-state index in [-0.39, 0.29) is 17.9 Å². The van der Waals surface area contributed by atoms with Gasteiger partial charge in [0.1, 0.15) is 5.82 Å². The van der Waals surface area contributed by atoms with Crippen molar-refractivity contribution in [1.82, 2.24) is 15.3 Å². The van der Waals surface area contributed by atoms with Crippen molar-refractivity contribution >= 4 is 28.5 Å². The van der Waals surface area contributed by atoms with Crippen molar-refractivity contribution in [2.75, 3.05) is 11.4 Å². The number of para-hydroxylation sites is 2. The number of carbonyl (C=O) groups excluding carboxylic acids is 2. The van der Waals surface area contributed by atoms with Crippen molar-refractivity contribution in [3.8, 4) is 0 Å². The number of imidazole rings is 1. The summed E-state index contributed by atoms with van der Waals surface area (Å²) in [6.07, 6.45) is 2.57. The number of aromatic nitrogens is 2. The number of carbonyl (C=O) groups is 2. The number of benzene rings is 2. The van der Waals surface area contributed by atoms with E-state index in [9.17, 15) is 9.59 Å². The summed E-state index contributed by atoms with van der Waals surface area (Å²) in [7, 11) is 0. The Morgan fingerprint density at radius 3 is 2.67 bits per heavy atom. The normalized spacial score (nSPS) is 15.7. The molecule has 1 aromatic heterocycles. The highest BCUT2D eigenvalue weighted by atomic mass is 16.2. The second-order valence-electron chi connectivity index (χ2n) is 6.88. The van der Waals surface area contributed by atoms with E-state index in [0.29, 0.717) is 12.0 Å². The number of rotatable bonds is 4. The van der Waals surface area contributed by atoms with Crippen LogP contribution >= 0.6 is 0 Å². The highest BCUT2D eigenvalue weighted by Gasteiger charge is 2.20. The first kappa shape index (κ1) is 17.3. The molecular weight excluding hydrogens is 340 g/mol. The maximum absolute atomic E-state index is 12.6. The SMILES string of the molecule is CC(NC(=O)c1ccc(N2CCCCC2=O)cc1)c1nc2ccccc2[nH]1. The highest BCUT2D eigenvalue weighted by Crippen LogP contribution is 2.22. The molecule has 0 saturated carbocycles. The first-order valence-corrected chi connectivity index (χ1v) is 9.28. The fraction of sp³-hybridized carbons (Fsp3) is 0.286. The lowest BCUT2D eigenvalue weighted by atomic mass is 10.1. The van der Waals surface area contributed by atoms with Crippen LogP contribution in [0.15, 0.2) is 48.5 Å². The number of nitrogens with one attached hydrogen (secondary N) is 2. The molecule has 1 fully saturated rings. The van der Waals surface area contributed by atoms with E-state index >= 15 is 0 Å². The molecule has 4 rings (SSSR count). The van der Waals surface area contributed by atoms with E-state index in [1.165, 1.54) is 0 Å².